The third-order valence-electron chi connectivity index (χ3n) is 3.56. The van der Waals surface area contributed by atoms with E-state index in [1.165, 1.54) is 42.8 Å². The van der Waals surface area contributed by atoms with Gasteiger partial charge in [-0.15, -0.1) is 0 Å². The molecule has 0 unspecified atom stereocenters. The summed E-state index contributed by atoms with van der Waals surface area (Å²) in [4.78, 5) is 2.52. The van der Waals surface area contributed by atoms with Crippen LogP contribution in [0.5, 0.6) is 5.75 Å². The van der Waals surface area contributed by atoms with E-state index in [4.69, 9.17) is 4.74 Å². The fourth-order valence-corrected chi connectivity index (χ4v) is 2.63. The van der Waals surface area contributed by atoms with Crippen LogP contribution in [-0.2, 0) is 6.42 Å². The Bertz CT molecular complexity index is 430. The van der Waals surface area contributed by atoms with E-state index in [9.17, 15) is 0 Å². The predicted octanol–water partition coefficient (Wildman–Crippen LogP) is 2.69. The first-order chi connectivity index (χ1) is 7.86. The summed E-state index contributed by atoms with van der Waals surface area (Å²) in [7, 11) is 1.72. The number of nitrogens with zero attached hydrogens (tertiary/aromatic N) is 1. The van der Waals surface area contributed by atoms with Crippen molar-refractivity contribution in [1.29, 1.82) is 0 Å². The highest BCUT2D eigenvalue weighted by molar-refractivity contribution is 5.64. The normalized spacial score (nSPS) is 18.6. The molecule has 1 aromatic rings. The summed E-state index contributed by atoms with van der Waals surface area (Å²) in [5, 5.41) is 0. The van der Waals surface area contributed by atoms with Crippen molar-refractivity contribution < 1.29 is 4.74 Å². The van der Waals surface area contributed by atoms with Gasteiger partial charge in [0.25, 0.3) is 0 Å². The standard InChI is InChI=1S/C14H17NO/c1-16-14-5-4-11-8-13(9-12(11)10-14)15-6-2-3-7-15/h4-5,9-10H,2-3,6-8H2,1H3. The molecule has 2 heteroatoms. The minimum absolute atomic E-state index is 0.956. The quantitative estimate of drug-likeness (QED) is 0.752. The first kappa shape index (κ1) is 9.76. The molecule has 0 N–H and O–H groups in total. The van der Waals surface area contributed by atoms with Gasteiger partial charge < -0.3 is 9.64 Å². The number of fused-ring (bicyclic) bond motifs is 1. The second-order valence-electron chi connectivity index (χ2n) is 4.57. The minimum atomic E-state index is 0.956. The summed E-state index contributed by atoms with van der Waals surface area (Å²) >= 11 is 0. The first-order valence-electron chi connectivity index (χ1n) is 5.99. The van der Waals surface area contributed by atoms with Gasteiger partial charge in [-0.1, -0.05) is 6.07 Å². The lowest BCUT2D eigenvalue weighted by Gasteiger charge is -2.18. The Labute approximate surface area is 96.5 Å². The van der Waals surface area contributed by atoms with Crippen molar-refractivity contribution in [2.24, 2.45) is 0 Å². The Morgan fingerprint density at radius 1 is 1.19 bits per heavy atom. The van der Waals surface area contributed by atoms with Crippen molar-refractivity contribution in [2.75, 3.05) is 20.2 Å². The Morgan fingerprint density at radius 2 is 2.00 bits per heavy atom. The fourth-order valence-electron chi connectivity index (χ4n) is 2.63. The summed E-state index contributed by atoms with van der Waals surface area (Å²) in [6.45, 7) is 2.47. The van der Waals surface area contributed by atoms with E-state index >= 15 is 0 Å². The van der Waals surface area contributed by atoms with Gasteiger partial charge in [0.15, 0.2) is 0 Å². The molecule has 16 heavy (non-hydrogen) atoms. The van der Waals surface area contributed by atoms with Crippen molar-refractivity contribution in [3.8, 4) is 5.75 Å². The van der Waals surface area contributed by atoms with Crippen molar-refractivity contribution in [3.05, 3.63) is 35.0 Å². The molecule has 1 saturated heterocycles. The van der Waals surface area contributed by atoms with Crippen LogP contribution in [0.3, 0.4) is 0 Å². The number of rotatable bonds is 2. The average molecular weight is 215 g/mol. The molecule has 84 valence electrons. The molecular weight excluding hydrogens is 198 g/mol. The second kappa shape index (κ2) is 3.85. The van der Waals surface area contributed by atoms with Gasteiger partial charge in [0.2, 0.25) is 0 Å². The fraction of sp³-hybridized carbons (Fsp3) is 0.429. The molecule has 0 aromatic heterocycles. The third kappa shape index (κ3) is 1.58. The van der Waals surface area contributed by atoms with E-state index < -0.39 is 0 Å². The lowest BCUT2D eigenvalue weighted by Crippen LogP contribution is -2.18. The molecular formula is C14H17NO. The summed E-state index contributed by atoms with van der Waals surface area (Å²) < 4.78 is 5.26. The van der Waals surface area contributed by atoms with Crippen LogP contribution in [0, 0.1) is 0 Å². The number of allylic oxidation sites excluding steroid dienone is 1. The molecule has 2 nitrogen and oxygen atoms in total. The van der Waals surface area contributed by atoms with Gasteiger partial charge in [-0.3, -0.25) is 0 Å². The number of hydrogen-bond donors (Lipinski definition) is 0. The molecule has 0 amide bonds. The van der Waals surface area contributed by atoms with Gasteiger partial charge in [-0.05, 0) is 42.2 Å². The second-order valence-corrected chi connectivity index (χ2v) is 4.57. The summed E-state index contributed by atoms with van der Waals surface area (Å²) in [6, 6.07) is 6.38. The van der Waals surface area contributed by atoms with Crippen LogP contribution < -0.4 is 4.74 Å². The van der Waals surface area contributed by atoms with Crippen LogP contribution in [0.15, 0.2) is 23.9 Å². The van der Waals surface area contributed by atoms with Gasteiger partial charge in [0.05, 0.1) is 7.11 Å². The zero-order valence-corrected chi connectivity index (χ0v) is 9.70. The van der Waals surface area contributed by atoms with Crippen LogP contribution in [0.25, 0.3) is 6.08 Å². The molecule has 1 heterocycles. The molecule has 0 atom stereocenters. The summed E-state index contributed by atoms with van der Waals surface area (Å²) in [5.41, 5.74) is 4.25. The number of methoxy groups -OCH3 is 1. The maximum Gasteiger partial charge on any atom is 0.119 e. The highest BCUT2D eigenvalue weighted by atomic mass is 16.5. The number of benzene rings is 1. The van der Waals surface area contributed by atoms with Crippen molar-refractivity contribution in [2.45, 2.75) is 19.3 Å². The summed E-state index contributed by atoms with van der Waals surface area (Å²) in [6.07, 6.45) is 6.11. The smallest absolute Gasteiger partial charge is 0.119 e. The van der Waals surface area contributed by atoms with E-state index in [2.05, 4.69) is 29.2 Å². The molecule has 0 saturated carbocycles. The topological polar surface area (TPSA) is 12.5 Å². The Morgan fingerprint density at radius 3 is 2.75 bits per heavy atom. The minimum Gasteiger partial charge on any atom is -0.497 e. The van der Waals surface area contributed by atoms with Crippen LogP contribution in [0.4, 0.5) is 0 Å². The zero-order valence-electron chi connectivity index (χ0n) is 9.70. The molecule has 1 aliphatic carbocycles. The predicted molar refractivity (Wildman–Crippen MR) is 65.5 cm³/mol. The molecule has 3 rings (SSSR count). The van der Waals surface area contributed by atoms with Crippen molar-refractivity contribution in [1.82, 2.24) is 4.90 Å². The van der Waals surface area contributed by atoms with Gasteiger partial charge in [0.1, 0.15) is 5.75 Å². The molecule has 1 aromatic carbocycles. The van der Waals surface area contributed by atoms with Gasteiger partial charge >= 0.3 is 0 Å². The number of likely N-dealkylation sites (tertiary alicyclic amines) is 1. The van der Waals surface area contributed by atoms with Gasteiger partial charge in [-0.2, -0.15) is 0 Å². The average Bonchev–Trinajstić information content (AvgIpc) is 2.96. The Hall–Kier alpha value is -1.44. The molecule has 2 aliphatic rings. The van der Waals surface area contributed by atoms with Gasteiger partial charge in [0, 0.05) is 25.2 Å². The highest BCUT2D eigenvalue weighted by Gasteiger charge is 2.20. The third-order valence-corrected chi connectivity index (χ3v) is 3.56. The molecule has 0 spiro atoms. The van der Waals surface area contributed by atoms with Crippen LogP contribution in [0.2, 0.25) is 0 Å². The number of ether oxygens (including phenoxy) is 1. The zero-order chi connectivity index (χ0) is 11.0. The van der Waals surface area contributed by atoms with Crippen molar-refractivity contribution in [3.63, 3.8) is 0 Å². The molecule has 0 bridgehead atoms. The van der Waals surface area contributed by atoms with E-state index in [0.29, 0.717) is 0 Å². The molecule has 0 radical (unpaired) electrons. The largest absolute Gasteiger partial charge is 0.497 e. The molecule has 1 fully saturated rings. The van der Waals surface area contributed by atoms with E-state index in [-0.39, 0.29) is 0 Å². The van der Waals surface area contributed by atoms with E-state index in [1.807, 2.05) is 0 Å². The lowest BCUT2D eigenvalue weighted by atomic mass is 10.1. The Balaban J connectivity index is 1.87. The highest BCUT2D eigenvalue weighted by Crippen LogP contribution is 2.31. The maximum atomic E-state index is 5.26. The number of hydrogen-bond acceptors (Lipinski definition) is 2. The first-order valence-corrected chi connectivity index (χ1v) is 5.99. The Kier molecular flexibility index (Phi) is 2.35. The van der Waals surface area contributed by atoms with E-state index in [1.54, 1.807) is 7.11 Å². The van der Waals surface area contributed by atoms with Crippen molar-refractivity contribution >= 4 is 6.08 Å². The summed E-state index contributed by atoms with van der Waals surface area (Å²) in [5.74, 6) is 0.956. The van der Waals surface area contributed by atoms with Crippen LogP contribution in [0.1, 0.15) is 24.0 Å². The van der Waals surface area contributed by atoms with Crippen LogP contribution in [-0.4, -0.2) is 25.1 Å². The van der Waals surface area contributed by atoms with E-state index in [0.717, 1.165) is 12.2 Å². The van der Waals surface area contributed by atoms with Crippen LogP contribution >= 0.6 is 0 Å². The SMILES string of the molecule is COc1ccc2c(c1)C=C(N1CCCC1)C2. The molecule has 1 aliphatic heterocycles. The van der Waals surface area contributed by atoms with Gasteiger partial charge in [-0.25, -0.2) is 0 Å². The lowest BCUT2D eigenvalue weighted by molar-refractivity contribution is 0.414. The maximum absolute atomic E-state index is 5.26. The monoisotopic (exact) mass is 215 g/mol.